The van der Waals surface area contributed by atoms with Crippen LogP contribution in [0.5, 0.6) is 6.01 Å². The largest absolute Gasteiger partial charge is 0.465 e. The van der Waals surface area contributed by atoms with Gasteiger partial charge >= 0.3 is 12.2 Å². The molecule has 3 rings (SSSR count). The summed E-state index contributed by atoms with van der Waals surface area (Å²) in [4.78, 5) is 14.0. The van der Waals surface area contributed by atoms with Gasteiger partial charge in [0.05, 0.1) is 6.54 Å². The fraction of sp³-hybridized carbons (Fsp3) is 0.316. The molecule has 2 N–H and O–H groups in total. The molecule has 0 spiro atoms. The summed E-state index contributed by atoms with van der Waals surface area (Å²) >= 11 is 0. The maximum Gasteiger partial charge on any atom is 0.422 e. The summed E-state index contributed by atoms with van der Waals surface area (Å²) in [6, 6.07) is 10.5. The molecule has 0 atom stereocenters. The van der Waals surface area contributed by atoms with E-state index in [0.29, 0.717) is 11.4 Å². The van der Waals surface area contributed by atoms with Gasteiger partial charge < -0.3 is 24.7 Å². The Balaban J connectivity index is 1.81. The first kappa shape index (κ1) is 21.2. The van der Waals surface area contributed by atoms with Gasteiger partial charge in [0.1, 0.15) is 11.5 Å². The number of benzene rings is 1. The zero-order chi connectivity index (χ0) is 21.7. The number of nitrogens with one attached hydrogen (secondary N) is 2. The van der Waals surface area contributed by atoms with Crippen molar-refractivity contribution in [1.82, 2.24) is 15.0 Å². The Morgan fingerprint density at radius 3 is 2.50 bits per heavy atom. The van der Waals surface area contributed by atoms with Crippen molar-refractivity contribution in [2.75, 3.05) is 36.2 Å². The van der Waals surface area contributed by atoms with Crippen molar-refractivity contribution < 1.29 is 22.3 Å². The van der Waals surface area contributed by atoms with E-state index in [2.05, 4.69) is 25.6 Å². The van der Waals surface area contributed by atoms with Gasteiger partial charge in [-0.25, -0.2) is 0 Å². The number of hydrogen-bond acceptors (Lipinski definition) is 8. The van der Waals surface area contributed by atoms with Crippen molar-refractivity contribution in [1.29, 1.82) is 0 Å². The summed E-state index contributed by atoms with van der Waals surface area (Å²) in [7, 11) is 3.78. The predicted molar refractivity (Wildman–Crippen MR) is 106 cm³/mol. The van der Waals surface area contributed by atoms with Gasteiger partial charge in [-0.15, -0.1) is 0 Å². The van der Waals surface area contributed by atoms with Crippen LogP contribution in [0.1, 0.15) is 11.5 Å². The molecular formula is C19H21F3N6O2. The number of halogens is 3. The molecule has 1 aromatic carbocycles. The molecule has 8 nitrogen and oxygen atoms in total. The summed E-state index contributed by atoms with van der Waals surface area (Å²) in [5.74, 6) is 1.44. The molecule has 0 radical (unpaired) electrons. The van der Waals surface area contributed by atoms with Gasteiger partial charge in [-0.05, 0) is 37.3 Å². The van der Waals surface area contributed by atoms with E-state index in [0.717, 1.165) is 11.4 Å². The highest BCUT2D eigenvalue weighted by Gasteiger charge is 2.29. The SMILES string of the molecule is Cc1ccc(CNc2nc(Nc3cccc(N(C)C)c3)nc(OCC(F)(F)F)n2)o1. The topological polar surface area (TPSA) is 88.3 Å². The fourth-order valence-corrected chi connectivity index (χ4v) is 2.44. The molecule has 2 aromatic heterocycles. The van der Waals surface area contributed by atoms with Crippen LogP contribution in [0.25, 0.3) is 0 Å². The van der Waals surface area contributed by atoms with Crippen LogP contribution in [0.3, 0.4) is 0 Å². The van der Waals surface area contributed by atoms with Crippen molar-refractivity contribution >= 4 is 23.3 Å². The lowest BCUT2D eigenvalue weighted by atomic mass is 10.2. The highest BCUT2D eigenvalue weighted by atomic mass is 19.4. The number of anilines is 4. The third kappa shape index (κ3) is 6.26. The lowest BCUT2D eigenvalue weighted by Crippen LogP contribution is -2.21. The van der Waals surface area contributed by atoms with Crippen LogP contribution in [-0.2, 0) is 6.54 Å². The second-order valence-corrected chi connectivity index (χ2v) is 6.60. The van der Waals surface area contributed by atoms with Crippen molar-refractivity contribution in [2.24, 2.45) is 0 Å². The monoisotopic (exact) mass is 422 g/mol. The number of aryl methyl sites for hydroxylation is 1. The van der Waals surface area contributed by atoms with E-state index >= 15 is 0 Å². The predicted octanol–water partition coefficient (Wildman–Crippen LogP) is 4.14. The van der Waals surface area contributed by atoms with E-state index in [1.54, 1.807) is 25.1 Å². The molecule has 0 saturated heterocycles. The van der Waals surface area contributed by atoms with Gasteiger partial charge in [-0.1, -0.05) is 6.07 Å². The zero-order valence-corrected chi connectivity index (χ0v) is 16.6. The molecule has 0 aliphatic carbocycles. The number of aromatic nitrogens is 3. The van der Waals surface area contributed by atoms with Gasteiger partial charge in [0.25, 0.3) is 0 Å². The lowest BCUT2D eigenvalue weighted by molar-refractivity contribution is -0.154. The Kier molecular flexibility index (Phi) is 6.28. The number of furan rings is 1. The van der Waals surface area contributed by atoms with Gasteiger partial charge in [0.2, 0.25) is 11.9 Å². The molecule has 11 heteroatoms. The molecular weight excluding hydrogens is 401 g/mol. The van der Waals surface area contributed by atoms with Crippen LogP contribution >= 0.6 is 0 Å². The first-order chi connectivity index (χ1) is 14.2. The highest BCUT2D eigenvalue weighted by molar-refractivity contribution is 5.62. The Hall–Kier alpha value is -3.50. The Morgan fingerprint density at radius 2 is 1.83 bits per heavy atom. The van der Waals surface area contributed by atoms with Gasteiger partial charge in [0, 0.05) is 25.5 Å². The number of alkyl halides is 3. The molecule has 160 valence electrons. The Bertz CT molecular complexity index is 990. The van der Waals surface area contributed by atoms with Crippen LogP contribution < -0.4 is 20.3 Å². The summed E-state index contributed by atoms with van der Waals surface area (Å²) in [6.45, 7) is 0.537. The van der Waals surface area contributed by atoms with Gasteiger partial charge in [-0.3, -0.25) is 0 Å². The maximum absolute atomic E-state index is 12.5. The standard InChI is InChI=1S/C19H21F3N6O2/c1-12-7-8-15(30-12)10-23-16-25-17(27-18(26-16)29-11-19(20,21)22)24-13-5-4-6-14(9-13)28(2)3/h4-9H,10-11H2,1-3H3,(H2,23,24,25,26,27). The normalized spacial score (nSPS) is 11.3. The minimum atomic E-state index is -4.51. The average molecular weight is 422 g/mol. The van der Waals surface area contributed by atoms with Crippen molar-refractivity contribution in [3.05, 3.63) is 47.9 Å². The summed E-state index contributed by atoms with van der Waals surface area (Å²) in [6.07, 6.45) is -4.51. The molecule has 0 unspecified atom stereocenters. The summed E-state index contributed by atoms with van der Waals surface area (Å²) < 4.78 is 47.8. The van der Waals surface area contributed by atoms with Gasteiger partial charge in [0.15, 0.2) is 6.61 Å². The Labute approximate surface area is 171 Å². The van der Waals surface area contributed by atoms with E-state index in [1.165, 1.54) is 0 Å². The zero-order valence-electron chi connectivity index (χ0n) is 16.6. The minimum absolute atomic E-state index is 0.0382. The van der Waals surface area contributed by atoms with Crippen LogP contribution in [0, 0.1) is 6.92 Å². The number of hydrogen-bond donors (Lipinski definition) is 2. The molecule has 0 fully saturated rings. The summed E-state index contributed by atoms with van der Waals surface area (Å²) in [5.41, 5.74) is 1.58. The maximum atomic E-state index is 12.5. The van der Waals surface area contributed by atoms with Crippen LogP contribution in [0.15, 0.2) is 40.8 Å². The molecule has 30 heavy (non-hydrogen) atoms. The first-order valence-electron chi connectivity index (χ1n) is 8.97. The average Bonchev–Trinajstić information content (AvgIpc) is 3.10. The third-order valence-electron chi connectivity index (χ3n) is 3.82. The number of ether oxygens (including phenoxy) is 1. The molecule has 0 bridgehead atoms. The van der Waals surface area contributed by atoms with Crippen LogP contribution in [-0.4, -0.2) is 41.8 Å². The van der Waals surface area contributed by atoms with E-state index in [1.807, 2.05) is 37.2 Å². The molecule has 2 heterocycles. The van der Waals surface area contributed by atoms with Crippen molar-refractivity contribution in [3.8, 4) is 6.01 Å². The highest BCUT2D eigenvalue weighted by Crippen LogP contribution is 2.22. The smallest absolute Gasteiger partial charge is 0.422 e. The van der Waals surface area contributed by atoms with Crippen LogP contribution in [0.2, 0.25) is 0 Å². The number of rotatable bonds is 8. The fourth-order valence-electron chi connectivity index (χ4n) is 2.44. The van der Waals surface area contributed by atoms with E-state index in [-0.39, 0.29) is 18.4 Å². The van der Waals surface area contributed by atoms with Crippen molar-refractivity contribution in [2.45, 2.75) is 19.6 Å². The van der Waals surface area contributed by atoms with Crippen LogP contribution in [0.4, 0.5) is 36.4 Å². The molecule has 0 amide bonds. The quantitative estimate of drug-likeness (QED) is 0.560. The Morgan fingerprint density at radius 1 is 1.07 bits per heavy atom. The number of nitrogens with zero attached hydrogens (tertiary/aromatic N) is 4. The first-order valence-corrected chi connectivity index (χ1v) is 8.97. The molecule has 0 saturated carbocycles. The molecule has 0 aliphatic heterocycles. The van der Waals surface area contributed by atoms with E-state index in [9.17, 15) is 13.2 Å². The van der Waals surface area contributed by atoms with E-state index in [4.69, 9.17) is 9.15 Å². The van der Waals surface area contributed by atoms with Crippen molar-refractivity contribution in [3.63, 3.8) is 0 Å². The minimum Gasteiger partial charge on any atom is -0.465 e. The third-order valence-corrected chi connectivity index (χ3v) is 3.82. The summed E-state index contributed by atoms with van der Waals surface area (Å²) in [5, 5.41) is 5.87. The van der Waals surface area contributed by atoms with Gasteiger partial charge in [-0.2, -0.15) is 28.1 Å². The molecule has 0 aliphatic rings. The molecule has 3 aromatic rings. The second-order valence-electron chi connectivity index (χ2n) is 6.60. The second kappa shape index (κ2) is 8.89. The van der Waals surface area contributed by atoms with E-state index < -0.39 is 18.8 Å². The lowest BCUT2D eigenvalue weighted by Gasteiger charge is -2.15.